The summed E-state index contributed by atoms with van der Waals surface area (Å²) in [6, 6.07) is 6.42. The number of rotatable bonds is 3. The van der Waals surface area contributed by atoms with Gasteiger partial charge in [0.15, 0.2) is 0 Å². The van der Waals surface area contributed by atoms with Gasteiger partial charge in [0.1, 0.15) is 6.04 Å². The van der Waals surface area contributed by atoms with E-state index in [1.807, 2.05) is 6.07 Å². The first-order chi connectivity index (χ1) is 9.96. The Morgan fingerprint density at radius 3 is 2.48 bits per heavy atom. The summed E-state index contributed by atoms with van der Waals surface area (Å²) in [5.41, 5.74) is 0.361. The topological polar surface area (TPSA) is 98.5 Å². The molecule has 1 atom stereocenters. The van der Waals surface area contributed by atoms with Gasteiger partial charge in [-0.25, -0.2) is 8.42 Å². The number of carboxylic acid groups (broad SMARTS) is 1. The van der Waals surface area contributed by atoms with Crippen molar-refractivity contribution in [3.63, 3.8) is 0 Å². The molecule has 0 radical (unpaired) electrons. The summed E-state index contributed by atoms with van der Waals surface area (Å²) >= 11 is 0. The van der Waals surface area contributed by atoms with E-state index in [1.54, 1.807) is 0 Å². The normalized spacial score (nSPS) is 20.4. The average molecular weight is 308 g/mol. The maximum atomic E-state index is 12.6. The molecular formula is C14H16N2O4S. The van der Waals surface area contributed by atoms with Crippen molar-refractivity contribution in [1.82, 2.24) is 4.31 Å². The van der Waals surface area contributed by atoms with E-state index in [4.69, 9.17) is 5.26 Å². The third kappa shape index (κ3) is 3.23. The number of hydrogen-bond acceptors (Lipinski definition) is 4. The molecule has 0 saturated carbocycles. The fourth-order valence-electron chi connectivity index (χ4n) is 2.45. The van der Waals surface area contributed by atoms with Crippen molar-refractivity contribution >= 4 is 16.0 Å². The molecule has 0 bridgehead atoms. The first kappa shape index (κ1) is 15.5. The fraction of sp³-hybridized carbons (Fsp3) is 0.429. The fourth-order valence-corrected chi connectivity index (χ4v) is 4.10. The molecule has 1 aromatic carbocycles. The van der Waals surface area contributed by atoms with Crippen molar-refractivity contribution in [2.45, 2.75) is 36.6 Å². The molecule has 0 amide bonds. The van der Waals surface area contributed by atoms with E-state index in [2.05, 4.69) is 0 Å². The molecule has 21 heavy (non-hydrogen) atoms. The van der Waals surface area contributed by atoms with Crippen molar-refractivity contribution in [2.75, 3.05) is 6.54 Å². The highest BCUT2D eigenvalue weighted by molar-refractivity contribution is 7.89. The predicted molar refractivity (Wildman–Crippen MR) is 74.9 cm³/mol. The van der Waals surface area contributed by atoms with E-state index >= 15 is 0 Å². The summed E-state index contributed by atoms with van der Waals surface area (Å²) in [5, 5.41) is 18.0. The van der Waals surface area contributed by atoms with Gasteiger partial charge in [-0.3, -0.25) is 4.79 Å². The molecule has 0 aliphatic carbocycles. The molecule has 1 N–H and O–H groups in total. The van der Waals surface area contributed by atoms with Crippen LogP contribution in [-0.4, -0.2) is 36.4 Å². The second kappa shape index (κ2) is 6.24. The summed E-state index contributed by atoms with van der Waals surface area (Å²) in [7, 11) is -3.86. The SMILES string of the molecule is N#Cc1ccc(S(=O)(=O)N2CCCCCC2C(=O)O)cc1. The smallest absolute Gasteiger partial charge is 0.322 e. The highest BCUT2D eigenvalue weighted by atomic mass is 32.2. The van der Waals surface area contributed by atoms with Crippen LogP contribution in [0, 0.1) is 11.3 Å². The van der Waals surface area contributed by atoms with Crippen molar-refractivity contribution in [2.24, 2.45) is 0 Å². The lowest BCUT2D eigenvalue weighted by Gasteiger charge is -2.26. The van der Waals surface area contributed by atoms with Crippen LogP contribution in [0.1, 0.15) is 31.2 Å². The van der Waals surface area contributed by atoms with Crippen molar-refractivity contribution in [1.29, 1.82) is 5.26 Å². The molecule has 0 aromatic heterocycles. The molecule has 112 valence electrons. The van der Waals surface area contributed by atoms with Gasteiger partial charge < -0.3 is 5.11 Å². The van der Waals surface area contributed by atoms with Gasteiger partial charge in [-0.1, -0.05) is 12.8 Å². The van der Waals surface area contributed by atoms with E-state index in [0.29, 0.717) is 24.8 Å². The molecule has 0 spiro atoms. The number of hydrogen-bond donors (Lipinski definition) is 1. The summed E-state index contributed by atoms with van der Waals surface area (Å²) in [6.45, 7) is 0.208. The zero-order valence-corrected chi connectivity index (χ0v) is 12.2. The lowest BCUT2D eigenvalue weighted by Crippen LogP contribution is -2.44. The van der Waals surface area contributed by atoms with E-state index in [9.17, 15) is 18.3 Å². The van der Waals surface area contributed by atoms with Crippen LogP contribution in [0.4, 0.5) is 0 Å². The van der Waals surface area contributed by atoms with Crippen LogP contribution in [0.25, 0.3) is 0 Å². The molecule has 2 rings (SSSR count). The number of aliphatic carboxylic acids is 1. The van der Waals surface area contributed by atoms with Crippen LogP contribution < -0.4 is 0 Å². The molecule has 1 aromatic rings. The van der Waals surface area contributed by atoms with Gasteiger partial charge in [-0.05, 0) is 37.1 Å². The van der Waals surface area contributed by atoms with Crippen LogP contribution in [0.15, 0.2) is 29.2 Å². The highest BCUT2D eigenvalue weighted by Crippen LogP contribution is 2.25. The first-order valence-electron chi connectivity index (χ1n) is 6.71. The van der Waals surface area contributed by atoms with E-state index in [0.717, 1.165) is 10.7 Å². The molecule has 1 heterocycles. The number of benzene rings is 1. The van der Waals surface area contributed by atoms with Gasteiger partial charge in [0, 0.05) is 6.54 Å². The van der Waals surface area contributed by atoms with Crippen molar-refractivity contribution < 1.29 is 18.3 Å². The summed E-state index contributed by atoms with van der Waals surface area (Å²) < 4.78 is 26.3. The third-order valence-corrected chi connectivity index (χ3v) is 5.50. The third-order valence-electron chi connectivity index (χ3n) is 3.58. The number of carbonyl (C=O) groups is 1. The van der Waals surface area contributed by atoms with Crippen LogP contribution >= 0.6 is 0 Å². The Hall–Kier alpha value is -1.91. The number of carboxylic acids is 1. The number of nitriles is 1. The van der Waals surface area contributed by atoms with Crippen LogP contribution in [0.2, 0.25) is 0 Å². The maximum Gasteiger partial charge on any atom is 0.322 e. The monoisotopic (exact) mass is 308 g/mol. The van der Waals surface area contributed by atoms with Gasteiger partial charge >= 0.3 is 5.97 Å². The lowest BCUT2D eigenvalue weighted by atomic mass is 10.1. The quantitative estimate of drug-likeness (QED) is 0.914. The molecule has 6 nitrogen and oxygen atoms in total. The van der Waals surface area contributed by atoms with E-state index < -0.39 is 22.0 Å². The highest BCUT2D eigenvalue weighted by Gasteiger charge is 2.36. The van der Waals surface area contributed by atoms with E-state index in [-0.39, 0.29) is 11.4 Å². The standard InChI is InChI=1S/C14H16N2O4S/c15-10-11-5-7-12(8-6-11)21(19,20)16-9-3-1-2-4-13(16)14(17)18/h5-8,13H,1-4,9H2,(H,17,18). The largest absolute Gasteiger partial charge is 0.480 e. The first-order valence-corrected chi connectivity index (χ1v) is 8.15. The number of nitrogens with zero attached hydrogens (tertiary/aromatic N) is 2. The zero-order valence-electron chi connectivity index (χ0n) is 11.4. The molecular weight excluding hydrogens is 292 g/mol. The Balaban J connectivity index is 2.39. The Labute approximate surface area is 123 Å². The molecule has 1 aliphatic heterocycles. The molecule has 1 unspecified atom stereocenters. The molecule has 1 saturated heterocycles. The summed E-state index contributed by atoms with van der Waals surface area (Å²) in [4.78, 5) is 11.4. The van der Waals surface area contributed by atoms with Crippen LogP contribution in [-0.2, 0) is 14.8 Å². The van der Waals surface area contributed by atoms with Crippen molar-refractivity contribution in [3.8, 4) is 6.07 Å². The van der Waals surface area contributed by atoms with Crippen molar-refractivity contribution in [3.05, 3.63) is 29.8 Å². The van der Waals surface area contributed by atoms with Gasteiger partial charge in [0.05, 0.1) is 16.5 Å². The van der Waals surface area contributed by atoms with E-state index in [1.165, 1.54) is 24.3 Å². The minimum atomic E-state index is -3.86. The summed E-state index contributed by atoms with van der Waals surface area (Å²) in [6.07, 6.45) is 2.50. The van der Waals surface area contributed by atoms with Crippen LogP contribution in [0.5, 0.6) is 0 Å². The zero-order chi connectivity index (χ0) is 15.5. The Bertz CT molecular complexity index is 661. The number of sulfonamides is 1. The second-order valence-electron chi connectivity index (χ2n) is 4.96. The van der Waals surface area contributed by atoms with Crippen LogP contribution in [0.3, 0.4) is 0 Å². The van der Waals surface area contributed by atoms with Gasteiger partial charge in [0.25, 0.3) is 0 Å². The Morgan fingerprint density at radius 2 is 1.90 bits per heavy atom. The Morgan fingerprint density at radius 1 is 1.24 bits per heavy atom. The minimum Gasteiger partial charge on any atom is -0.480 e. The average Bonchev–Trinajstić information content (AvgIpc) is 2.73. The molecule has 7 heteroatoms. The van der Waals surface area contributed by atoms with Gasteiger partial charge in [-0.2, -0.15) is 9.57 Å². The molecule has 1 aliphatic rings. The Kier molecular flexibility index (Phi) is 4.60. The predicted octanol–water partition coefficient (Wildman–Crippen LogP) is 1.58. The minimum absolute atomic E-state index is 0.0228. The maximum absolute atomic E-state index is 12.6. The summed E-state index contributed by atoms with van der Waals surface area (Å²) in [5.74, 6) is -1.12. The lowest BCUT2D eigenvalue weighted by molar-refractivity contribution is -0.141. The van der Waals surface area contributed by atoms with Gasteiger partial charge in [0.2, 0.25) is 10.0 Å². The second-order valence-corrected chi connectivity index (χ2v) is 6.85. The molecule has 1 fully saturated rings. The van der Waals surface area contributed by atoms with Gasteiger partial charge in [-0.15, -0.1) is 0 Å².